The minimum Gasteiger partial charge on any atom is -0.204 e. The third-order valence-corrected chi connectivity index (χ3v) is 1.95. The van der Waals surface area contributed by atoms with Crippen molar-refractivity contribution in [2.24, 2.45) is 0 Å². The van der Waals surface area contributed by atoms with Crippen molar-refractivity contribution in [3.05, 3.63) is 35.4 Å². The number of hydrogen-bond acceptors (Lipinski definition) is 1. The quantitative estimate of drug-likeness (QED) is 0.505. The Hall–Kier alpha value is -0.830. The van der Waals surface area contributed by atoms with Crippen molar-refractivity contribution in [1.82, 2.24) is 0 Å². The molecule has 1 rings (SSSR count). The summed E-state index contributed by atoms with van der Waals surface area (Å²) < 4.78 is 24.1. The highest BCUT2D eigenvalue weighted by Gasteiger charge is 2.11. The van der Waals surface area contributed by atoms with Gasteiger partial charge in [0.2, 0.25) is 0 Å². The first-order valence-electron chi connectivity index (χ1n) is 3.50. The van der Waals surface area contributed by atoms with Gasteiger partial charge >= 0.3 is 0 Å². The van der Waals surface area contributed by atoms with E-state index in [0.717, 1.165) is 5.56 Å². The SMILES string of the molecule is Cc1ccc(C(=S)C(F)F)cc1. The lowest BCUT2D eigenvalue weighted by molar-refractivity contribution is 0.229. The van der Waals surface area contributed by atoms with E-state index in [1.54, 1.807) is 24.3 Å². The van der Waals surface area contributed by atoms with Gasteiger partial charge in [0.1, 0.15) is 0 Å². The molecule has 0 amide bonds. The minimum absolute atomic E-state index is 0.282. The fourth-order valence-electron chi connectivity index (χ4n) is 0.844. The Morgan fingerprint density at radius 3 is 2.17 bits per heavy atom. The van der Waals surface area contributed by atoms with Crippen molar-refractivity contribution in [1.29, 1.82) is 0 Å². The topological polar surface area (TPSA) is 0 Å². The lowest BCUT2D eigenvalue weighted by Crippen LogP contribution is -2.08. The van der Waals surface area contributed by atoms with E-state index in [2.05, 4.69) is 12.2 Å². The molecule has 0 fully saturated rings. The number of halogens is 2. The number of benzene rings is 1. The summed E-state index contributed by atoms with van der Waals surface area (Å²) in [7, 11) is 0. The van der Waals surface area contributed by atoms with E-state index < -0.39 is 6.43 Å². The average Bonchev–Trinajstić information content (AvgIpc) is 2.04. The predicted molar refractivity (Wildman–Crippen MR) is 48.9 cm³/mol. The van der Waals surface area contributed by atoms with Crippen molar-refractivity contribution in [3.63, 3.8) is 0 Å². The second-order valence-electron chi connectivity index (χ2n) is 2.53. The molecule has 0 radical (unpaired) electrons. The molecular formula is C9H8F2S. The van der Waals surface area contributed by atoms with Gasteiger partial charge in [0.15, 0.2) is 0 Å². The second kappa shape index (κ2) is 3.72. The molecule has 0 atom stereocenters. The molecular weight excluding hydrogens is 178 g/mol. The molecule has 0 nitrogen and oxygen atoms in total. The maximum atomic E-state index is 12.1. The van der Waals surface area contributed by atoms with Crippen LogP contribution in [0.25, 0.3) is 0 Å². The van der Waals surface area contributed by atoms with Crippen molar-refractivity contribution in [2.75, 3.05) is 0 Å². The lowest BCUT2D eigenvalue weighted by Gasteiger charge is -2.01. The van der Waals surface area contributed by atoms with Gasteiger partial charge in [0.05, 0.1) is 4.86 Å². The zero-order chi connectivity index (χ0) is 9.14. The van der Waals surface area contributed by atoms with E-state index in [4.69, 9.17) is 0 Å². The Morgan fingerprint density at radius 2 is 1.75 bits per heavy atom. The maximum absolute atomic E-state index is 12.1. The number of hydrogen-bond donors (Lipinski definition) is 0. The van der Waals surface area contributed by atoms with Crippen LogP contribution in [0.1, 0.15) is 11.1 Å². The molecule has 0 unspecified atom stereocenters. The Kier molecular flexibility index (Phi) is 2.87. The first kappa shape index (κ1) is 9.26. The molecule has 12 heavy (non-hydrogen) atoms. The number of thiocarbonyl (C=S) groups is 1. The van der Waals surface area contributed by atoms with Crippen molar-refractivity contribution in [3.8, 4) is 0 Å². The highest BCUT2D eigenvalue weighted by Crippen LogP contribution is 2.10. The first-order chi connectivity index (χ1) is 5.61. The summed E-state index contributed by atoms with van der Waals surface area (Å²) in [5.74, 6) is 0. The van der Waals surface area contributed by atoms with Gasteiger partial charge < -0.3 is 0 Å². The maximum Gasteiger partial charge on any atom is 0.274 e. The third-order valence-electron chi connectivity index (χ3n) is 1.53. The molecule has 0 bridgehead atoms. The summed E-state index contributed by atoms with van der Waals surface area (Å²) >= 11 is 4.54. The molecule has 64 valence electrons. The van der Waals surface area contributed by atoms with Gasteiger partial charge in [-0.1, -0.05) is 42.0 Å². The standard InChI is InChI=1S/C9H8F2S/c1-6-2-4-7(5-3-6)8(12)9(10)11/h2-5,9H,1H3. The van der Waals surface area contributed by atoms with Gasteiger partial charge in [-0.3, -0.25) is 0 Å². The smallest absolute Gasteiger partial charge is 0.204 e. The van der Waals surface area contributed by atoms with Crippen LogP contribution in [0.3, 0.4) is 0 Å². The zero-order valence-electron chi connectivity index (χ0n) is 6.55. The lowest BCUT2D eigenvalue weighted by atomic mass is 10.1. The summed E-state index contributed by atoms with van der Waals surface area (Å²) in [4.78, 5) is -0.282. The van der Waals surface area contributed by atoms with Crippen LogP contribution < -0.4 is 0 Å². The zero-order valence-corrected chi connectivity index (χ0v) is 7.37. The fraction of sp³-hybridized carbons (Fsp3) is 0.222. The summed E-state index contributed by atoms with van der Waals surface area (Å²) in [6.45, 7) is 1.90. The van der Waals surface area contributed by atoms with Crippen molar-refractivity contribution >= 4 is 17.1 Å². The van der Waals surface area contributed by atoms with Crippen LogP contribution in [0.5, 0.6) is 0 Å². The minimum atomic E-state index is -2.54. The second-order valence-corrected chi connectivity index (χ2v) is 2.97. The molecule has 3 heteroatoms. The van der Waals surface area contributed by atoms with E-state index in [0.29, 0.717) is 5.56 Å². The van der Waals surface area contributed by atoms with Gasteiger partial charge in [-0.25, -0.2) is 8.78 Å². The highest BCUT2D eigenvalue weighted by molar-refractivity contribution is 7.81. The molecule has 0 heterocycles. The molecule has 1 aromatic rings. The van der Waals surface area contributed by atoms with E-state index in [-0.39, 0.29) is 4.86 Å². The van der Waals surface area contributed by atoms with Crippen LogP contribution in [0.15, 0.2) is 24.3 Å². The number of aryl methyl sites for hydroxylation is 1. The van der Waals surface area contributed by atoms with E-state index >= 15 is 0 Å². The summed E-state index contributed by atoms with van der Waals surface area (Å²) in [6, 6.07) is 6.77. The van der Waals surface area contributed by atoms with Crippen LogP contribution in [0, 0.1) is 6.92 Å². The van der Waals surface area contributed by atoms with E-state index in [1.165, 1.54) is 0 Å². The van der Waals surface area contributed by atoms with Crippen molar-refractivity contribution < 1.29 is 8.78 Å². The van der Waals surface area contributed by atoms with Gasteiger partial charge in [0, 0.05) is 0 Å². The summed E-state index contributed by atoms with van der Waals surface area (Å²) in [5.41, 5.74) is 1.47. The number of rotatable bonds is 2. The van der Waals surface area contributed by atoms with Crippen LogP contribution in [-0.2, 0) is 0 Å². The van der Waals surface area contributed by atoms with E-state index in [9.17, 15) is 8.78 Å². The van der Waals surface area contributed by atoms with Gasteiger partial charge in [-0.2, -0.15) is 0 Å². The Bertz CT molecular complexity index is 277. The van der Waals surface area contributed by atoms with Gasteiger partial charge in [0.25, 0.3) is 6.43 Å². The molecule has 0 aliphatic heterocycles. The van der Waals surface area contributed by atoms with Crippen LogP contribution in [0.2, 0.25) is 0 Å². The molecule has 0 spiro atoms. The third kappa shape index (κ3) is 2.08. The van der Waals surface area contributed by atoms with Gasteiger partial charge in [-0.05, 0) is 12.5 Å². The molecule has 0 aliphatic carbocycles. The van der Waals surface area contributed by atoms with Gasteiger partial charge in [-0.15, -0.1) is 0 Å². The Labute approximate surface area is 75.2 Å². The molecule has 0 N–H and O–H groups in total. The predicted octanol–water partition coefficient (Wildman–Crippen LogP) is 2.98. The monoisotopic (exact) mass is 186 g/mol. The molecule has 0 aromatic heterocycles. The van der Waals surface area contributed by atoms with Crippen LogP contribution in [-0.4, -0.2) is 11.3 Å². The highest BCUT2D eigenvalue weighted by atomic mass is 32.1. The number of alkyl halides is 2. The van der Waals surface area contributed by atoms with Crippen LogP contribution >= 0.6 is 12.2 Å². The molecule has 0 aliphatic rings. The molecule has 0 saturated carbocycles. The summed E-state index contributed by atoms with van der Waals surface area (Å²) in [6.07, 6.45) is -2.54. The Morgan fingerprint density at radius 1 is 1.25 bits per heavy atom. The van der Waals surface area contributed by atoms with E-state index in [1.807, 2.05) is 6.92 Å². The average molecular weight is 186 g/mol. The fourth-order valence-corrected chi connectivity index (χ4v) is 0.980. The first-order valence-corrected chi connectivity index (χ1v) is 3.91. The largest absolute Gasteiger partial charge is 0.274 e. The summed E-state index contributed by atoms with van der Waals surface area (Å²) in [5, 5.41) is 0. The molecule has 1 aromatic carbocycles. The molecule has 0 saturated heterocycles. The Balaban J connectivity index is 2.90. The normalized spacial score (nSPS) is 10.3. The van der Waals surface area contributed by atoms with Crippen LogP contribution in [0.4, 0.5) is 8.78 Å². The van der Waals surface area contributed by atoms with Crippen molar-refractivity contribution in [2.45, 2.75) is 13.3 Å².